The van der Waals surface area contributed by atoms with Gasteiger partial charge in [-0.2, -0.15) is 0 Å². The van der Waals surface area contributed by atoms with Crippen LogP contribution in [0.4, 0.5) is 4.39 Å². The van der Waals surface area contributed by atoms with Gasteiger partial charge in [0.15, 0.2) is 0 Å². The standard InChI is InChI=1S/C17H23ClFN3O/c18-14-4-1-5-15(19)16(14)17(23)22-9-7-21(8-10-22)12-13-3-2-6-20-11-13/h1,4-5,13,20H,2-3,6-12H2. The van der Waals surface area contributed by atoms with Crippen molar-refractivity contribution in [2.24, 2.45) is 5.92 Å². The van der Waals surface area contributed by atoms with Crippen molar-refractivity contribution in [3.05, 3.63) is 34.6 Å². The van der Waals surface area contributed by atoms with Gasteiger partial charge in [0.1, 0.15) is 5.82 Å². The van der Waals surface area contributed by atoms with Crippen molar-refractivity contribution < 1.29 is 9.18 Å². The molecular weight excluding hydrogens is 317 g/mol. The number of piperidine rings is 1. The molecule has 1 unspecified atom stereocenters. The Morgan fingerprint density at radius 2 is 2.09 bits per heavy atom. The Labute approximate surface area is 141 Å². The maximum atomic E-state index is 13.9. The predicted molar refractivity (Wildman–Crippen MR) is 89.3 cm³/mol. The lowest BCUT2D eigenvalue weighted by Gasteiger charge is -2.37. The summed E-state index contributed by atoms with van der Waals surface area (Å²) >= 11 is 6.00. The molecule has 1 amide bonds. The molecule has 1 N–H and O–H groups in total. The molecule has 2 aliphatic rings. The van der Waals surface area contributed by atoms with Gasteiger partial charge in [-0.3, -0.25) is 9.69 Å². The van der Waals surface area contributed by atoms with Crippen LogP contribution in [0.25, 0.3) is 0 Å². The van der Waals surface area contributed by atoms with Crippen LogP contribution in [0.5, 0.6) is 0 Å². The monoisotopic (exact) mass is 339 g/mol. The van der Waals surface area contributed by atoms with Gasteiger partial charge >= 0.3 is 0 Å². The highest BCUT2D eigenvalue weighted by Gasteiger charge is 2.27. The fourth-order valence-corrected chi connectivity index (χ4v) is 3.68. The van der Waals surface area contributed by atoms with Crippen molar-refractivity contribution >= 4 is 17.5 Å². The number of halogens is 2. The van der Waals surface area contributed by atoms with Gasteiger partial charge in [0, 0.05) is 32.7 Å². The fraction of sp³-hybridized carbons (Fsp3) is 0.588. The molecule has 126 valence electrons. The average molecular weight is 340 g/mol. The first-order valence-electron chi connectivity index (χ1n) is 8.31. The van der Waals surface area contributed by atoms with E-state index in [0.29, 0.717) is 19.0 Å². The highest BCUT2D eigenvalue weighted by molar-refractivity contribution is 6.33. The Bertz CT molecular complexity index is 535. The van der Waals surface area contributed by atoms with Crippen molar-refractivity contribution in [2.45, 2.75) is 12.8 Å². The summed E-state index contributed by atoms with van der Waals surface area (Å²) in [5.74, 6) is -0.141. The van der Waals surface area contributed by atoms with Crippen LogP contribution >= 0.6 is 11.6 Å². The molecule has 0 radical (unpaired) electrons. The minimum atomic E-state index is -0.543. The summed E-state index contributed by atoms with van der Waals surface area (Å²) in [5, 5.41) is 3.62. The molecule has 1 atom stereocenters. The molecular formula is C17H23ClFN3O. The molecule has 0 saturated carbocycles. The van der Waals surface area contributed by atoms with Crippen LogP contribution in [0.15, 0.2) is 18.2 Å². The molecule has 4 nitrogen and oxygen atoms in total. The maximum absolute atomic E-state index is 13.9. The van der Waals surface area contributed by atoms with Crippen LogP contribution in [-0.4, -0.2) is 61.5 Å². The summed E-state index contributed by atoms with van der Waals surface area (Å²) in [7, 11) is 0. The largest absolute Gasteiger partial charge is 0.336 e. The van der Waals surface area contributed by atoms with E-state index in [2.05, 4.69) is 10.2 Å². The van der Waals surface area contributed by atoms with Crippen LogP contribution in [0, 0.1) is 11.7 Å². The molecule has 1 aromatic rings. The summed E-state index contributed by atoms with van der Waals surface area (Å²) < 4.78 is 13.9. The van der Waals surface area contributed by atoms with Crippen molar-refractivity contribution in [1.82, 2.24) is 15.1 Å². The van der Waals surface area contributed by atoms with Crippen LogP contribution in [0.2, 0.25) is 5.02 Å². The highest BCUT2D eigenvalue weighted by atomic mass is 35.5. The van der Waals surface area contributed by atoms with Gasteiger partial charge in [-0.15, -0.1) is 0 Å². The Morgan fingerprint density at radius 1 is 1.30 bits per heavy atom. The zero-order valence-electron chi connectivity index (χ0n) is 13.2. The van der Waals surface area contributed by atoms with E-state index < -0.39 is 5.82 Å². The minimum absolute atomic E-state index is 0.000836. The fourth-order valence-electron chi connectivity index (χ4n) is 3.44. The predicted octanol–water partition coefficient (Wildman–Crippen LogP) is 2.24. The first-order chi connectivity index (χ1) is 11.1. The highest BCUT2D eigenvalue weighted by Crippen LogP contribution is 2.22. The Balaban J connectivity index is 1.55. The van der Waals surface area contributed by atoms with Gasteiger partial charge in [0.05, 0.1) is 10.6 Å². The maximum Gasteiger partial charge on any atom is 0.258 e. The van der Waals surface area contributed by atoms with E-state index in [0.717, 1.165) is 32.7 Å². The molecule has 0 aromatic heterocycles. The third-order valence-corrected chi connectivity index (χ3v) is 5.07. The Kier molecular flexibility index (Phi) is 5.51. The second-order valence-corrected chi connectivity index (χ2v) is 6.81. The number of piperazine rings is 1. The van der Waals surface area contributed by atoms with E-state index in [1.807, 2.05) is 0 Å². The number of carbonyl (C=O) groups excluding carboxylic acids is 1. The zero-order valence-corrected chi connectivity index (χ0v) is 14.0. The quantitative estimate of drug-likeness (QED) is 0.917. The van der Waals surface area contributed by atoms with Crippen molar-refractivity contribution in [1.29, 1.82) is 0 Å². The number of hydrogen-bond donors (Lipinski definition) is 1. The minimum Gasteiger partial charge on any atom is -0.336 e. The lowest BCUT2D eigenvalue weighted by molar-refractivity contribution is 0.0606. The molecule has 3 rings (SSSR count). The molecule has 2 saturated heterocycles. The number of benzene rings is 1. The first kappa shape index (κ1) is 16.7. The van der Waals surface area contributed by atoms with E-state index in [1.54, 1.807) is 11.0 Å². The Morgan fingerprint density at radius 3 is 2.74 bits per heavy atom. The summed E-state index contributed by atoms with van der Waals surface area (Å²) in [4.78, 5) is 16.6. The number of nitrogens with zero attached hydrogens (tertiary/aromatic N) is 2. The smallest absolute Gasteiger partial charge is 0.258 e. The molecule has 1 aromatic carbocycles. The van der Waals surface area contributed by atoms with Crippen LogP contribution in [-0.2, 0) is 0 Å². The third-order valence-electron chi connectivity index (χ3n) is 4.75. The van der Waals surface area contributed by atoms with Gasteiger partial charge in [0.25, 0.3) is 5.91 Å². The van der Waals surface area contributed by atoms with Crippen molar-refractivity contribution in [2.75, 3.05) is 45.8 Å². The molecule has 2 fully saturated rings. The van der Waals surface area contributed by atoms with E-state index in [9.17, 15) is 9.18 Å². The summed E-state index contributed by atoms with van der Waals surface area (Å²) in [5.41, 5.74) is -0.000836. The molecule has 2 aliphatic heterocycles. The normalized spacial score (nSPS) is 23.0. The van der Waals surface area contributed by atoms with Gasteiger partial charge < -0.3 is 10.2 Å². The van der Waals surface area contributed by atoms with Gasteiger partial charge in [-0.05, 0) is 44.0 Å². The second-order valence-electron chi connectivity index (χ2n) is 6.40. The summed E-state index contributed by atoms with van der Waals surface area (Å²) in [6, 6.07) is 4.36. The molecule has 0 bridgehead atoms. The summed E-state index contributed by atoms with van der Waals surface area (Å²) in [6.07, 6.45) is 2.52. The molecule has 0 spiro atoms. The van der Waals surface area contributed by atoms with Crippen molar-refractivity contribution in [3.63, 3.8) is 0 Å². The van der Waals surface area contributed by atoms with E-state index in [1.165, 1.54) is 25.0 Å². The van der Waals surface area contributed by atoms with Crippen LogP contribution in [0.3, 0.4) is 0 Å². The number of carbonyl (C=O) groups is 1. The zero-order chi connectivity index (χ0) is 16.2. The number of amides is 1. The van der Waals surface area contributed by atoms with E-state index in [4.69, 9.17) is 11.6 Å². The van der Waals surface area contributed by atoms with Gasteiger partial charge in [0.2, 0.25) is 0 Å². The van der Waals surface area contributed by atoms with E-state index >= 15 is 0 Å². The molecule has 23 heavy (non-hydrogen) atoms. The SMILES string of the molecule is O=C(c1c(F)cccc1Cl)N1CCN(CC2CCCNC2)CC1. The number of hydrogen-bond acceptors (Lipinski definition) is 3. The topological polar surface area (TPSA) is 35.6 Å². The lowest BCUT2D eigenvalue weighted by atomic mass is 9.99. The molecule has 2 heterocycles. The third kappa shape index (κ3) is 4.03. The van der Waals surface area contributed by atoms with Crippen LogP contribution in [0.1, 0.15) is 23.2 Å². The van der Waals surface area contributed by atoms with Crippen LogP contribution < -0.4 is 5.32 Å². The number of nitrogens with one attached hydrogen (secondary N) is 1. The molecule has 0 aliphatic carbocycles. The lowest BCUT2D eigenvalue weighted by Crippen LogP contribution is -2.51. The van der Waals surface area contributed by atoms with Gasteiger partial charge in [-0.1, -0.05) is 17.7 Å². The average Bonchev–Trinajstić information content (AvgIpc) is 2.56. The second kappa shape index (κ2) is 7.60. The summed E-state index contributed by atoms with van der Waals surface area (Å²) in [6.45, 7) is 6.23. The van der Waals surface area contributed by atoms with Gasteiger partial charge in [-0.25, -0.2) is 4.39 Å². The number of rotatable bonds is 3. The Hall–Kier alpha value is -1.17. The molecule has 6 heteroatoms. The van der Waals surface area contributed by atoms with Crippen molar-refractivity contribution in [3.8, 4) is 0 Å². The first-order valence-corrected chi connectivity index (χ1v) is 8.69. The van der Waals surface area contributed by atoms with E-state index in [-0.39, 0.29) is 16.5 Å².